The van der Waals surface area contributed by atoms with Crippen molar-refractivity contribution in [2.75, 3.05) is 36.0 Å². The van der Waals surface area contributed by atoms with Crippen molar-refractivity contribution in [2.45, 2.75) is 34.1 Å². The average molecular weight is 367 g/mol. The SMILES string of the molecule is CCN(CC)c1ccc(C(=O)CC(=O)c2ccc(N(CC)CC)cc2)cc1. The minimum atomic E-state index is -0.140. The van der Waals surface area contributed by atoms with Gasteiger partial charge in [0.15, 0.2) is 11.6 Å². The number of carbonyl (C=O) groups excluding carboxylic acids is 2. The highest BCUT2D eigenvalue weighted by Crippen LogP contribution is 2.18. The quantitative estimate of drug-likeness (QED) is 0.446. The number of carbonyl (C=O) groups is 2. The molecule has 0 bridgehead atoms. The van der Waals surface area contributed by atoms with Gasteiger partial charge in [-0.2, -0.15) is 0 Å². The van der Waals surface area contributed by atoms with Crippen molar-refractivity contribution in [2.24, 2.45) is 0 Å². The molecule has 0 fully saturated rings. The smallest absolute Gasteiger partial charge is 0.170 e. The van der Waals surface area contributed by atoms with Crippen LogP contribution in [-0.4, -0.2) is 37.7 Å². The molecule has 0 heterocycles. The zero-order valence-electron chi connectivity index (χ0n) is 16.9. The maximum atomic E-state index is 12.5. The van der Waals surface area contributed by atoms with Crippen molar-refractivity contribution in [1.82, 2.24) is 0 Å². The van der Waals surface area contributed by atoms with Crippen molar-refractivity contribution < 1.29 is 9.59 Å². The number of ketones is 2. The Labute approximate surface area is 162 Å². The molecule has 0 saturated heterocycles. The molecule has 0 aromatic heterocycles. The maximum absolute atomic E-state index is 12.5. The van der Waals surface area contributed by atoms with Crippen LogP contribution < -0.4 is 9.80 Å². The van der Waals surface area contributed by atoms with Crippen LogP contribution in [-0.2, 0) is 0 Å². The molecule has 0 radical (unpaired) electrons. The number of anilines is 2. The van der Waals surface area contributed by atoms with E-state index in [1.165, 1.54) is 0 Å². The van der Waals surface area contributed by atoms with Gasteiger partial charge in [-0.25, -0.2) is 0 Å². The minimum absolute atomic E-state index is 0.102. The van der Waals surface area contributed by atoms with Crippen LogP contribution in [0.5, 0.6) is 0 Å². The lowest BCUT2D eigenvalue weighted by Crippen LogP contribution is -2.21. The molecule has 0 N–H and O–H groups in total. The highest BCUT2D eigenvalue weighted by Gasteiger charge is 2.14. The van der Waals surface area contributed by atoms with Crippen molar-refractivity contribution in [3.05, 3.63) is 59.7 Å². The van der Waals surface area contributed by atoms with Gasteiger partial charge in [0.05, 0.1) is 6.42 Å². The van der Waals surface area contributed by atoms with E-state index in [2.05, 4.69) is 37.5 Å². The first-order chi connectivity index (χ1) is 13.0. The number of nitrogens with zero attached hydrogens (tertiary/aromatic N) is 2. The fourth-order valence-corrected chi connectivity index (χ4v) is 3.24. The summed E-state index contributed by atoms with van der Waals surface area (Å²) < 4.78 is 0. The molecule has 2 rings (SSSR count). The van der Waals surface area contributed by atoms with Crippen LogP contribution in [0.4, 0.5) is 11.4 Å². The van der Waals surface area contributed by atoms with Crippen LogP contribution in [0, 0.1) is 0 Å². The standard InChI is InChI=1S/C23H30N2O2/c1-5-24(6-2)20-13-9-18(10-14-20)22(26)17-23(27)19-11-15-21(16-12-19)25(7-3)8-4/h9-16H,5-8,17H2,1-4H3. The van der Waals surface area contributed by atoms with Crippen molar-refractivity contribution >= 4 is 22.9 Å². The monoisotopic (exact) mass is 366 g/mol. The van der Waals surface area contributed by atoms with Gasteiger partial charge in [0.1, 0.15) is 0 Å². The highest BCUT2D eigenvalue weighted by atomic mass is 16.1. The Bertz CT molecular complexity index is 677. The molecule has 4 nitrogen and oxygen atoms in total. The maximum Gasteiger partial charge on any atom is 0.170 e. The first-order valence-corrected chi connectivity index (χ1v) is 9.80. The van der Waals surface area contributed by atoms with Crippen LogP contribution in [0.2, 0.25) is 0 Å². The number of benzene rings is 2. The predicted octanol–water partition coefficient (Wildman–Crippen LogP) is 4.83. The van der Waals surface area contributed by atoms with Gasteiger partial charge in [0.2, 0.25) is 0 Å². The molecule has 0 spiro atoms. The summed E-state index contributed by atoms with van der Waals surface area (Å²) in [6.45, 7) is 12.1. The summed E-state index contributed by atoms with van der Waals surface area (Å²) in [5, 5.41) is 0. The van der Waals surface area contributed by atoms with Crippen molar-refractivity contribution in [3.8, 4) is 0 Å². The summed E-state index contributed by atoms with van der Waals surface area (Å²) >= 11 is 0. The summed E-state index contributed by atoms with van der Waals surface area (Å²) in [4.78, 5) is 29.4. The third-order valence-corrected chi connectivity index (χ3v) is 4.96. The molecule has 0 atom stereocenters. The Morgan fingerprint density at radius 2 is 0.889 bits per heavy atom. The Morgan fingerprint density at radius 3 is 1.15 bits per heavy atom. The number of rotatable bonds is 10. The van der Waals surface area contributed by atoms with Crippen LogP contribution in [0.25, 0.3) is 0 Å². The molecule has 0 aliphatic rings. The van der Waals surface area contributed by atoms with E-state index in [9.17, 15) is 9.59 Å². The molecule has 2 aromatic carbocycles. The third-order valence-electron chi connectivity index (χ3n) is 4.96. The van der Waals surface area contributed by atoms with Crippen LogP contribution >= 0.6 is 0 Å². The van der Waals surface area contributed by atoms with E-state index in [1.54, 1.807) is 0 Å². The highest BCUT2D eigenvalue weighted by molar-refractivity contribution is 6.13. The summed E-state index contributed by atoms with van der Waals surface area (Å²) in [6, 6.07) is 15.0. The molecule has 0 aliphatic carbocycles. The van der Waals surface area contributed by atoms with Gasteiger partial charge < -0.3 is 9.80 Å². The predicted molar refractivity (Wildman–Crippen MR) is 113 cm³/mol. The summed E-state index contributed by atoms with van der Waals surface area (Å²) in [6.07, 6.45) is -0.102. The molecule has 4 heteroatoms. The van der Waals surface area contributed by atoms with Gasteiger partial charge in [0, 0.05) is 48.7 Å². The molecule has 144 valence electrons. The van der Waals surface area contributed by atoms with Gasteiger partial charge in [-0.3, -0.25) is 9.59 Å². The van der Waals surface area contributed by atoms with Crippen LogP contribution in [0.15, 0.2) is 48.5 Å². The molecule has 0 unspecified atom stereocenters. The molecular weight excluding hydrogens is 336 g/mol. The minimum Gasteiger partial charge on any atom is -0.372 e. The lowest BCUT2D eigenvalue weighted by molar-refractivity contribution is 0.0894. The zero-order valence-corrected chi connectivity index (χ0v) is 16.9. The fraction of sp³-hybridized carbons (Fsp3) is 0.391. The lowest BCUT2D eigenvalue weighted by atomic mass is 10.0. The Hall–Kier alpha value is -2.62. The second kappa shape index (κ2) is 9.91. The largest absolute Gasteiger partial charge is 0.372 e. The van der Waals surface area contributed by atoms with E-state index in [0.717, 1.165) is 37.6 Å². The summed E-state index contributed by atoms with van der Waals surface area (Å²) in [7, 11) is 0. The van der Waals surface area contributed by atoms with Gasteiger partial charge >= 0.3 is 0 Å². The van der Waals surface area contributed by atoms with Crippen LogP contribution in [0.3, 0.4) is 0 Å². The van der Waals surface area contributed by atoms with Crippen molar-refractivity contribution in [3.63, 3.8) is 0 Å². The number of hydrogen-bond donors (Lipinski definition) is 0. The van der Waals surface area contributed by atoms with E-state index in [0.29, 0.717) is 11.1 Å². The Kier molecular flexibility index (Phi) is 7.59. The lowest BCUT2D eigenvalue weighted by Gasteiger charge is -2.21. The molecule has 27 heavy (non-hydrogen) atoms. The van der Waals surface area contributed by atoms with Crippen LogP contribution in [0.1, 0.15) is 54.8 Å². The van der Waals surface area contributed by atoms with E-state index in [-0.39, 0.29) is 18.0 Å². The van der Waals surface area contributed by atoms with Crippen molar-refractivity contribution in [1.29, 1.82) is 0 Å². The fourth-order valence-electron chi connectivity index (χ4n) is 3.24. The normalized spacial score (nSPS) is 10.5. The first-order valence-electron chi connectivity index (χ1n) is 9.80. The van der Waals surface area contributed by atoms with Gasteiger partial charge in [-0.05, 0) is 76.2 Å². The molecule has 0 aliphatic heterocycles. The van der Waals surface area contributed by atoms with Gasteiger partial charge in [0.25, 0.3) is 0 Å². The number of hydrogen-bond acceptors (Lipinski definition) is 4. The zero-order chi connectivity index (χ0) is 19.8. The summed E-state index contributed by atoms with van der Waals surface area (Å²) in [5.74, 6) is -0.280. The molecular formula is C23H30N2O2. The van der Waals surface area contributed by atoms with E-state index in [1.807, 2.05) is 48.5 Å². The van der Waals surface area contributed by atoms with E-state index >= 15 is 0 Å². The topological polar surface area (TPSA) is 40.6 Å². The van der Waals surface area contributed by atoms with E-state index < -0.39 is 0 Å². The Balaban J connectivity index is 2.03. The van der Waals surface area contributed by atoms with Gasteiger partial charge in [-0.1, -0.05) is 0 Å². The molecule has 0 amide bonds. The third kappa shape index (κ3) is 5.19. The summed E-state index contributed by atoms with van der Waals surface area (Å²) in [5.41, 5.74) is 3.35. The molecule has 0 saturated carbocycles. The number of Topliss-reactive ketones (excluding diaryl/α,β-unsaturated/α-hetero) is 2. The Morgan fingerprint density at radius 1 is 0.593 bits per heavy atom. The molecule has 2 aromatic rings. The second-order valence-electron chi connectivity index (χ2n) is 6.46. The van der Waals surface area contributed by atoms with Gasteiger partial charge in [-0.15, -0.1) is 0 Å². The first kappa shape index (κ1) is 20.7. The average Bonchev–Trinajstić information content (AvgIpc) is 2.71. The second-order valence-corrected chi connectivity index (χ2v) is 6.46. The van der Waals surface area contributed by atoms with E-state index in [4.69, 9.17) is 0 Å².